The van der Waals surface area contributed by atoms with Crippen molar-refractivity contribution in [2.45, 2.75) is 34.1 Å². The molecule has 6 heteroatoms. The molecule has 2 aromatic carbocycles. The van der Waals surface area contributed by atoms with Crippen LogP contribution in [0.25, 0.3) is 11.3 Å². The highest BCUT2D eigenvalue weighted by Gasteiger charge is 2.15. The van der Waals surface area contributed by atoms with Gasteiger partial charge in [-0.1, -0.05) is 43.7 Å². The predicted octanol–water partition coefficient (Wildman–Crippen LogP) is 5.20. The maximum Gasteiger partial charge on any atom is 0.229 e. The second kappa shape index (κ2) is 9.01. The fourth-order valence-electron chi connectivity index (χ4n) is 2.80. The Hall–Kier alpha value is -2.99. The highest BCUT2D eigenvalue weighted by atomic mass is 32.1. The van der Waals surface area contributed by atoms with E-state index in [1.54, 1.807) is 35.6 Å². The van der Waals surface area contributed by atoms with Crippen LogP contribution in [0.4, 0.5) is 11.4 Å². The second-order valence-corrected chi connectivity index (χ2v) is 8.60. The standard InChI is InChI=1S/C23H25N3O2S/c1-14(2)23(28)26-19-11-9-18(10-12-19)25-21(27)13-20-22(24-16(4)29-20)17-7-5-15(3)6-8-17/h5-12,14H,13H2,1-4H3,(H,25,27)(H,26,28). The molecular formula is C23H25N3O2S. The first-order valence-corrected chi connectivity index (χ1v) is 10.4. The molecule has 0 atom stereocenters. The Kier molecular flexibility index (Phi) is 6.44. The summed E-state index contributed by atoms with van der Waals surface area (Å²) in [5.41, 5.74) is 4.48. The summed E-state index contributed by atoms with van der Waals surface area (Å²) in [6, 6.07) is 15.3. The molecule has 1 heterocycles. The average Bonchev–Trinajstić information content (AvgIpc) is 3.03. The molecule has 0 saturated heterocycles. The van der Waals surface area contributed by atoms with Gasteiger partial charge in [0.25, 0.3) is 0 Å². The monoisotopic (exact) mass is 407 g/mol. The van der Waals surface area contributed by atoms with Crippen molar-refractivity contribution < 1.29 is 9.59 Å². The summed E-state index contributed by atoms with van der Waals surface area (Å²) < 4.78 is 0. The van der Waals surface area contributed by atoms with Gasteiger partial charge in [-0.3, -0.25) is 9.59 Å². The smallest absolute Gasteiger partial charge is 0.229 e. The number of anilines is 2. The van der Waals surface area contributed by atoms with E-state index in [4.69, 9.17) is 0 Å². The van der Waals surface area contributed by atoms with Crippen LogP contribution in [-0.4, -0.2) is 16.8 Å². The van der Waals surface area contributed by atoms with Crippen LogP contribution in [0.2, 0.25) is 0 Å². The van der Waals surface area contributed by atoms with Gasteiger partial charge >= 0.3 is 0 Å². The minimum atomic E-state index is -0.0963. The third-order valence-electron chi connectivity index (χ3n) is 4.41. The number of carbonyl (C=O) groups is 2. The van der Waals surface area contributed by atoms with Gasteiger partial charge in [0.05, 0.1) is 17.1 Å². The summed E-state index contributed by atoms with van der Waals surface area (Å²) >= 11 is 1.54. The third-order valence-corrected chi connectivity index (χ3v) is 5.38. The van der Waals surface area contributed by atoms with Crippen molar-refractivity contribution >= 4 is 34.5 Å². The van der Waals surface area contributed by atoms with E-state index >= 15 is 0 Å². The van der Waals surface area contributed by atoms with E-state index in [-0.39, 0.29) is 24.2 Å². The number of aryl methyl sites for hydroxylation is 2. The van der Waals surface area contributed by atoms with Gasteiger partial charge in [-0.2, -0.15) is 0 Å². The number of hydrogen-bond acceptors (Lipinski definition) is 4. The maximum atomic E-state index is 12.6. The van der Waals surface area contributed by atoms with E-state index in [1.165, 1.54) is 5.56 Å². The molecule has 0 fully saturated rings. The van der Waals surface area contributed by atoms with E-state index in [0.29, 0.717) is 11.4 Å². The van der Waals surface area contributed by atoms with Crippen molar-refractivity contribution in [3.63, 3.8) is 0 Å². The molecule has 0 bridgehead atoms. The molecule has 0 spiro atoms. The number of carbonyl (C=O) groups excluding carboxylic acids is 2. The molecule has 0 unspecified atom stereocenters. The first-order chi connectivity index (χ1) is 13.8. The van der Waals surface area contributed by atoms with Crippen molar-refractivity contribution in [1.29, 1.82) is 0 Å². The predicted molar refractivity (Wildman–Crippen MR) is 119 cm³/mol. The number of benzene rings is 2. The molecule has 0 aliphatic carbocycles. The minimum Gasteiger partial charge on any atom is -0.326 e. The third kappa shape index (κ3) is 5.51. The van der Waals surface area contributed by atoms with Gasteiger partial charge < -0.3 is 10.6 Å². The SMILES string of the molecule is Cc1ccc(-c2nc(C)sc2CC(=O)Nc2ccc(NC(=O)C(C)C)cc2)cc1. The van der Waals surface area contributed by atoms with Gasteiger partial charge in [-0.25, -0.2) is 4.98 Å². The molecule has 2 amide bonds. The van der Waals surface area contributed by atoms with Gasteiger partial charge in [-0.15, -0.1) is 11.3 Å². The van der Waals surface area contributed by atoms with Crippen molar-refractivity contribution in [1.82, 2.24) is 4.98 Å². The molecule has 29 heavy (non-hydrogen) atoms. The Morgan fingerprint density at radius 2 is 1.52 bits per heavy atom. The van der Waals surface area contributed by atoms with Gasteiger partial charge in [0, 0.05) is 27.7 Å². The van der Waals surface area contributed by atoms with Gasteiger partial charge in [0.15, 0.2) is 0 Å². The number of nitrogens with zero attached hydrogens (tertiary/aromatic N) is 1. The molecule has 3 aromatic rings. The molecule has 3 rings (SSSR count). The number of thiazole rings is 1. The van der Waals surface area contributed by atoms with Gasteiger partial charge in [-0.05, 0) is 38.1 Å². The Morgan fingerprint density at radius 1 is 0.931 bits per heavy atom. The summed E-state index contributed by atoms with van der Waals surface area (Å²) in [6.45, 7) is 7.68. The summed E-state index contributed by atoms with van der Waals surface area (Å²) in [6.07, 6.45) is 0.264. The van der Waals surface area contributed by atoms with Gasteiger partial charge in [0.1, 0.15) is 0 Å². The molecule has 150 valence electrons. The maximum absolute atomic E-state index is 12.6. The normalized spacial score (nSPS) is 10.8. The van der Waals surface area contributed by atoms with Crippen LogP contribution in [0.3, 0.4) is 0 Å². The van der Waals surface area contributed by atoms with Crippen molar-refractivity contribution in [3.8, 4) is 11.3 Å². The molecular weight excluding hydrogens is 382 g/mol. The summed E-state index contributed by atoms with van der Waals surface area (Å²) in [4.78, 5) is 29.9. The zero-order chi connectivity index (χ0) is 21.0. The molecule has 0 radical (unpaired) electrons. The Balaban J connectivity index is 1.67. The second-order valence-electron chi connectivity index (χ2n) is 7.32. The average molecular weight is 408 g/mol. The first-order valence-electron chi connectivity index (χ1n) is 9.56. The fraction of sp³-hybridized carbons (Fsp3) is 0.261. The highest BCUT2D eigenvalue weighted by molar-refractivity contribution is 7.12. The first kappa shape index (κ1) is 20.7. The Morgan fingerprint density at radius 3 is 2.10 bits per heavy atom. The van der Waals surface area contributed by atoms with Crippen LogP contribution in [0, 0.1) is 19.8 Å². The van der Waals surface area contributed by atoms with Crippen molar-refractivity contribution in [2.24, 2.45) is 5.92 Å². The number of amides is 2. The summed E-state index contributed by atoms with van der Waals surface area (Å²) in [5, 5.41) is 6.69. The molecule has 1 aromatic heterocycles. The fourth-order valence-corrected chi connectivity index (χ4v) is 3.76. The number of nitrogens with one attached hydrogen (secondary N) is 2. The van der Waals surface area contributed by atoms with Crippen LogP contribution < -0.4 is 10.6 Å². The van der Waals surface area contributed by atoms with E-state index in [9.17, 15) is 9.59 Å². The molecule has 0 aliphatic heterocycles. The largest absolute Gasteiger partial charge is 0.326 e. The lowest BCUT2D eigenvalue weighted by Gasteiger charge is -2.09. The number of hydrogen-bond donors (Lipinski definition) is 2. The van der Waals surface area contributed by atoms with E-state index < -0.39 is 0 Å². The summed E-state index contributed by atoms with van der Waals surface area (Å²) in [7, 11) is 0. The summed E-state index contributed by atoms with van der Waals surface area (Å²) in [5.74, 6) is -0.216. The van der Waals surface area contributed by atoms with Gasteiger partial charge in [0.2, 0.25) is 11.8 Å². The number of aromatic nitrogens is 1. The van der Waals surface area contributed by atoms with Crippen molar-refractivity contribution in [2.75, 3.05) is 10.6 Å². The number of rotatable bonds is 6. The van der Waals surface area contributed by atoms with Crippen LogP contribution in [0.1, 0.15) is 29.3 Å². The van der Waals surface area contributed by atoms with Crippen LogP contribution >= 0.6 is 11.3 Å². The van der Waals surface area contributed by atoms with Crippen LogP contribution in [-0.2, 0) is 16.0 Å². The molecule has 0 aliphatic rings. The lowest BCUT2D eigenvalue weighted by Crippen LogP contribution is -2.18. The molecule has 2 N–H and O–H groups in total. The lowest BCUT2D eigenvalue weighted by atomic mass is 10.1. The minimum absolute atomic E-state index is 0.0361. The topological polar surface area (TPSA) is 71.1 Å². The van der Waals surface area contributed by atoms with E-state index in [2.05, 4.69) is 15.6 Å². The quantitative estimate of drug-likeness (QED) is 0.590. The van der Waals surface area contributed by atoms with Crippen molar-refractivity contribution in [3.05, 3.63) is 64.0 Å². The zero-order valence-electron chi connectivity index (χ0n) is 17.1. The lowest BCUT2D eigenvalue weighted by molar-refractivity contribution is -0.119. The Labute approximate surface area is 175 Å². The van der Waals surface area contributed by atoms with Crippen LogP contribution in [0.15, 0.2) is 48.5 Å². The van der Waals surface area contributed by atoms with E-state index in [0.717, 1.165) is 21.1 Å². The van der Waals surface area contributed by atoms with Crippen LogP contribution in [0.5, 0.6) is 0 Å². The Bertz CT molecular complexity index is 1010. The highest BCUT2D eigenvalue weighted by Crippen LogP contribution is 2.29. The van der Waals surface area contributed by atoms with E-state index in [1.807, 2.05) is 52.0 Å². The molecule has 5 nitrogen and oxygen atoms in total. The zero-order valence-corrected chi connectivity index (χ0v) is 17.9. The molecule has 0 saturated carbocycles.